The lowest BCUT2D eigenvalue weighted by atomic mass is 9.97. The van der Waals surface area contributed by atoms with Gasteiger partial charge >= 0.3 is 6.09 Å². The highest BCUT2D eigenvalue weighted by Gasteiger charge is 2.39. The Hall–Kier alpha value is -1.56. The van der Waals surface area contributed by atoms with Gasteiger partial charge in [0.2, 0.25) is 5.91 Å². The maximum Gasteiger partial charge on any atom is 0.410 e. The van der Waals surface area contributed by atoms with Crippen LogP contribution < -0.4 is 0 Å². The number of carbonyl (C=O) groups is 2. The minimum atomic E-state index is -0.499. The van der Waals surface area contributed by atoms with Crippen molar-refractivity contribution in [3.05, 3.63) is 12.7 Å². The lowest BCUT2D eigenvalue weighted by molar-refractivity contribution is -0.133. The Kier molecular flexibility index (Phi) is 5.68. The molecule has 0 radical (unpaired) electrons. The molecule has 6 nitrogen and oxygen atoms in total. The number of hydrogen-bond acceptors (Lipinski definition) is 4. The number of carbonyl (C=O) groups excluding carboxylic acids is 2. The molecule has 0 aromatic heterocycles. The van der Waals surface area contributed by atoms with Crippen LogP contribution in [0, 0.1) is 5.92 Å². The zero-order valence-electron chi connectivity index (χ0n) is 14.4. The summed E-state index contributed by atoms with van der Waals surface area (Å²) in [4.78, 5) is 27.7. The number of nitrogens with zero attached hydrogens (tertiary/aromatic N) is 2. The van der Waals surface area contributed by atoms with E-state index in [-0.39, 0.29) is 18.0 Å². The van der Waals surface area contributed by atoms with Crippen molar-refractivity contribution >= 4 is 12.0 Å². The van der Waals surface area contributed by atoms with Crippen molar-refractivity contribution in [1.29, 1.82) is 0 Å². The van der Waals surface area contributed by atoms with E-state index >= 15 is 0 Å². The molecule has 0 aromatic rings. The van der Waals surface area contributed by atoms with Gasteiger partial charge in [-0.3, -0.25) is 4.79 Å². The van der Waals surface area contributed by atoms with Gasteiger partial charge in [-0.1, -0.05) is 6.58 Å². The zero-order chi connectivity index (χ0) is 17.0. The fourth-order valence-corrected chi connectivity index (χ4v) is 2.87. The van der Waals surface area contributed by atoms with Crippen LogP contribution in [0.4, 0.5) is 4.79 Å². The van der Waals surface area contributed by atoms with Crippen molar-refractivity contribution in [3.8, 4) is 0 Å². The quantitative estimate of drug-likeness (QED) is 0.743. The molecule has 130 valence electrons. The molecule has 0 aromatic carbocycles. The van der Waals surface area contributed by atoms with Crippen LogP contribution in [0.5, 0.6) is 0 Å². The van der Waals surface area contributed by atoms with E-state index in [9.17, 15) is 9.59 Å². The molecule has 0 saturated carbocycles. The number of likely N-dealkylation sites (tertiary alicyclic amines) is 1. The van der Waals surface area contributed by atoms with Crippen LogP contribution in [0.15, 0.2) is 12.7 Å². The highest BCUT2D eigenvalue weighted by Crippen LogP contribution is 2.23. The second-order valence-corrected chi connectivity index (χ2v) is 7.29. The SMILES string of the molecule is C=CC(=O)N(CC1CCOCC1)C1CN(C(=O)OC(C)(C)C)C1. The van der Waals surface area contributed by atoms with Crippen molar-refractivity contribution in [1.82, 2.24) is 9.80 Å². The summed E-state index contributed by atoms with van der Waals surface area (Å²) in [5.74, 6) is 0.397. The molecule has 0 atom stereocenters. The average molecular weight is 324 g/mol. The van der Waals surface area contributed by atoms with E-state index in [1.807, 2.05) is 25.7 Å². The maximum absolute atomic E-state index is 12.2. The van der Waals surface area contributed by atoms with Crippen LogP contribution in [0.1, 0.15) is 33.6 Å². The summed E-state index contributed by atoms with van der Waals surface area (Å²) < 4.78 is 10.7. The summed E-state index contributed by atoms with van der Waals surface area (Å²) in [5.41, 5.74) is -0.499. The van der Waals surface area contributed by atoms with Crippen LogP contribution in [-0.2, 0) is 14.3 Å². The van der Waals surface area contributed by atoms with Crippen molar-refractivity contribution in [2.45, 2.75) is 45.3 Å². The molecule has 2 saturated heterocycles. The molecule has 0 unspecified atom stereocenters. The molecular formula is C17H28N2O4. The molecule has 0 spiro atoms. The first-order valence-corrected chi connectivity index (χ1v) is 8.29. The van der Waals surface area contributed by atoms with Crippen molar-refractivity contribution < 1.29 is 19.1 Å². The van der Waals surface area contributed by atoms with Crippen LogP contribution in [0.3, 0.4) is 0 Å². The van der Waals surface area contributed by atoms with Gasteiger partial charge in [0.15, 0.2) is 0 Å². The number of hydrogen-bond donors (Lipinski definition) is 0. The highest BCUT2D eigenvalue weighted by molar-refractivity contribution is 5.87. The van der Waals surface area contributed by atoms with Gasteiger partial charge in [0.25, 0.3) is 0 Å². The third kappa shape index (κ3) is 4.96. The van der Waals surface area contributed by atoms with E-state index < -0.39 is 5.60 Å². The first-order valence-electron chi connectivity index (χ1n) is 8.29. The topological polar surface area (TPSA) is 59.1 Å². The van der Waals surface area contributed by atoms with E-state index in [0.29, 0.717) is 25.6 Å². The predicted octanol–water partition coefficient (Wildman–Crippen LogP) is 2.05. The molecule has 0 aliphatic carbocycles. The van der Waals surface area contributed by atoms with Gasteiger partial charge in [0.05, 0.1) is 6.04 Å². The Bertz CT molecular complexity index is 446. The Labute approximate surface area is 138 Å². The van der Waals surface area contributed by atoms with E-state index in [4.69, 9.17) is 9.47 Å². The maximum atomic E-state index is 12.2. The molecule has 0 bridgehead atoms. The largest absolute Gasteiger partial charge is 0.444 e. The number of rotatable bonds is 4. The highest BCUT2D eigenvalue weighted by atomic mass is 16.6. The first-order chi connectivity index (χ1) is 10.8. The van der Waals surface area contributed by atoms with Crippen LogP contribution >= 0.6 is 0 Å². The second kappa shape index (κ2) is 7.34. The third-order valence-corrected chi connectivity index (χ3v) is 4.21. The molecule has 2 aliphatic heterocycles. The Morgan fingerprint density at radius 2 is 1.91 bits per heavy atom. The number of ether oxygens (including phenoxy) is 2. The van der Waals surface area contributed by atoms with Gasteiger partial charge in [-0.05, 0) is 45.6 Å². The van der Waals surface area contributed by atoms with Crippen LogP contribution in [0.2, 0.25) is 0 Å². The first kappa shape index (κ1) is 17.8. The normalized spacial score (nSPS) is 19.9. The standard InChI is InChI=1S/C17H28N2O4/c1-5-15(20)19(10-13-6-8-22-9-7-13)14-11-18(12-14)16(21)23-17(2,3)4/h5,13-14H,1,6-12H2,2-4H3. The monoisotopic (exact) mass is 324 g/mol. The fraction of sp³-hybridized carbons (Fsp3) is 0.765. The summed E-state index contributed by atoms with van der Waals surface area (Å²) in [6.07, 6.45) is 2.99. The Balaban J connectivity index is 1.88. The van der Waals surface area contributed by atoms with Crippen molar-refractivity contribution in [2.75, 3.05) is 32.8 Å². The average Bonchev–Trinajstić information content (AvgIpc) is 2.43. The molecule has 6 heteroatoms. The van der Waals surface area contributed by atoms with Gasteiger partial charge in [0.1, 0.15) is 5.60 Å². The fourth-order valence-electron chi connectivity index (χ4n) is 2.87. The third-order valence-electron chi connectivity index (χ3n) is 4.21. The summed E-state index contributed by atoms with van der Waals surface area (Å²) in [5, 5.41) is 0. The molecule has 2 rings (SSSR count). The molecule has 0 N–H and O–H groups in total. The van der Waals surface area contributed by atoms with Crippen molar-refractivity contribution in [3.63, 3.8) is 0 Å². The lowest BCUT2D eigenvalue weighted by Gasteiger charge is -2.46. The molecule has 2 fully saturated rings. The van der Waals surface area contributed by atoms with E-state index in [1.54, 1.807) is 4.90 Å². The van der Waals surface area contributed by atoms with Crippen molar-refractivity contribution in [2.24, 2.45) is 5.92 Å². The van der Waals surface area contributed by atoms with Gasteiger partial charge < -0.3 is 19.3 Å². The molecule has 23 heavy (non-hydrogen) atoms. The van der Waals surface area contributed by atoms with E-state index in [2.05, 4.69) is 6.58 Å². The summed E-state index contributed by atoms with van der Waals surface area (Å²) in [6.45, 7) is 12.4. The molecule has 2 aliphatic rings. The molecule has 2 amide bonds. The van der Waals surface area contributed by atoms with Gasteiger partial charge in [-0.2, -0.15) is 0 Å². The van der Waals surface area contributed by atoms with E-state index in [0.717, 1.165) is 26.1 Å². The molecule has 2 heterocycles. The zero-order valence-corrected chi connectivity index (χ0v) is 14.4. The lowest BCUT2D eigenvalue weighted by Crippen LogP contribution is -2.63. The summed E-state index contributed by atoms with van der Waals surface area (Å²) >= 11 is 0. The second-order valence-electron chi connectivity index (χ2n) is 7.29. The Morgan fingerprint density at radius 3 is 2.43 bits per heavy atom. The minimum absolute atomic E-state index is 0.0517. The van der Waals surface area contributed by atoms with Crippen LogP contribution in [0.25, 0.3) is 0 Å². The smallest absolute Gasteiger partial charge is 0.410 e. The predicted molar refractivity (Wildman–Crippen MR) is 87.0 cm³/mol. The number of amides is 2. The molecular weight excluding hydrogens is 296 g/mol. The van der Waals surface area contributed by atoms with Gasteiger partial charge in [0, 0.05) is 32.8 Å². The van der Waals surface area contributed by atoms with Gasteiger partial charge in [-0.25, -0.2) is 4.79 Å². The van der Waals surface area contributed by atoms with E-state index in [1.165, 1.54) is 6.08 Å². The summed E-state index contributed by atoms with van der Waals surface area (Å²) in [7, 11) is 0. The minimum Gasteiger partial charge on any atom is -0.444 e. The summed E-state index contributed by atoms with van der Waals surface area (Å²) in [6, 6.07) is 0.0517. The Morgan fingerprint density at radius 1 is 1.30 bits per heavy atom. The van der Waals surface area contributed by atoms with Gasteiger partial charge in [-0.15, -0.1) is 0 Å². The van der Waals surface area contributed by atoms with Crippen LogP contribution in [-0.4, -0.2) is 66.3 Å².